The molecule has 1 atom stereocenters. The lowest BCUT2D eigenvalue weighted by atomic mass is 10.2. The van der Waals surface area contributed by atoms with Gasteiger partial charge in [0.25, 0.3) is 5.91 Å². The number of carbonyl (C=O) groups excluding carboxylic acids is 2. The number of furan rings is 1. The molecule has 0 bridgehead atoms. The number of nitrogens with one attached hydrogen (secondary N) is 1. The van der Waals surface area contributed by atoms with Gasteiger partial charge in [0.15, 0.2) is 6.10 Å². The monoisotopic (exact) mass is 387 g/mol. The van der Waals surface area contributed by atoms with Crippen LogP contribution < -0.4 is 5.32 Å². The second-order valence-electron chi connectivity index (χ2n) is 5.20. The van der Waals surface area contributed by atoms with Gasteiger partial charge < -0.3 is 14.5 Å². The highest BCUT2D eigenvalue weighted by atomic mass is 79.9. The van der Waals surface area contributed by atoms with E-state index in [0.29, 0.717) is 11.3 Å². The molecule has 5 nitrogen and oxygen atoms in total. The molecule has 3 rings (SSSR count). The lowest BCUT2D eigenvalue weighted by Gasteiger charge is -2.12. The third kappa shape index (κ3) is 3.65. The Morgan fingerprint density at radius 1 is 1.12 bits per heavy atom. The maximum atomic E-state index is 12.1. The number of fused-ring (bicyclic) bond motifs is 1. The summed E-state index contributed by atoms with van der Waals surface area (Å²) in [7, 11) is 0. The van der Waals surface area contributed by atoms with Crippen LogP contribution in [0.2, 0.25) is 0 Å². The molecule has 0 aliphatic heterocycles. The second kappa shape index (κ2) is 6.88. The Morgan fingerprint density at radius 3 is 2.67 bits per heavy atom. The number of para-hydroxylation sites is 1. The Labute approximate surface area is 146 Å². The quantitative estimate of drug-likeness (QED) is 0.674. The van der Waals surface area contributed by atoms with Gasteiger partial charge in [-0.3, -0.25) is 4.79 Å². The highest BCUT2D eigenvalue weighted by Crippen LogP contribution is 2.20. The summed E-state index contributed by atoms with van der Waals surface area (Å²) in [5.41, 5.74) is 1.21. The molecule has 0 unspecified atom stereocenters. The van der Waals surface area contributed by atoms with Crippen LogP contribution >= 0.6 is 15.9 Å². The summed E-state index contributed by atoms with van der Waals surface area (Å²) in [4.78, 5) is 24.3. The number of hydrogen-bond acceptors (Lipinski definition) is 4. The summed E-state index contributed by atoms with van der Waals surface area (Å²) in [6.45, 7) is 1.51. The highest BCUT2D eigenvalue weighted by molar-refractivity contribution is 9.10. The summed E-state index contributed by atoms with van der Waals surface area (Å²) < 4.78 is 11.4. The lowest BCUT2D eigenvalue weighted by Crippen LogP contribution is -2.29. The van der Waals surface area contributed by atoms with Crippen molar-refractivity contribution >= 4 is 44.5 Å². The number of benzene rings is 2. The van der Waals surface area contributed by atoms with Crippen molar-refractivity contribution in [2.45, 2.75) is 13.0 Å². The van der Waals surface area contributed by atoms with Crippen molar-refractivity contribution in [3.63, 3.8) is 0 Å². The molecule has 2 aromatic carbocycles. The van der Waals surface area contributed by atoms with Gasteiger partial charge in [0.1, 0.15) is 5.58 Å². The van der Waals surface area contributed by atoms with Crippen molar-refractivity contribution in [3.05, 3.63) is 64.8 Å². The molecular weight excluding hydrogens is 374 g/mol. The van der Waals surface area contributed by atoms with Gasteiger partial charge >= 0.3 is 5.97 Å². The summed E-state index contributed by atoms with van der Waals surface area (Å²) >= 11 is 3.33. The molecule has 0 radical (unpaired) electrons. The van der Waals surface area contributed by atoms with Crippen LogP contribution in [0.4, 0.5) is 5.69 Å². The minimum absolute atomic E-state index is 0.0679. The molecule has 1 N–H and O–H groups in total. The first kappa shape index (κ1) is 16.3. The molecule has 122 valence electrons. The van der Waals surface area contributed by atoms with E-state index in [1.165, 1.54) is 6.92 Å². The molecule has 0 fully saturated rings. The van der Waals surface area contributed by atoms with Gasteiger partial charge in [0.2, 0.25) is 5.76 Å². The van der Waals surface area contributed by atoms with Crippen LogP contribution in [0, 0.1) is 0 Å². The van der Waals surface area contributed by atoms with E-state index in [0.717, 1.165) is 9.86 Å². The van der Waals surface area contributed by atoms with E-state index in [-0.39, 0.29) is 5.76 Å². The fourth-order valence-corrected chi connectivity index (χ4v) is 2.56. The molecule has 6 heteroatoms. The topological polar surface area (TPSA) is 68.5 Å². The van der Waals surface area contributed by atoms with E-state index in [4.69, 9.17) is 9.15 Å². The maximum Gasteiger partial charge on any atom is 0.375 e. The molecule has 0 saturated carbocycles. The van der Waals surface area contributed by atoms with E-state index < -0.39 is 18.0 Å². The van der Waals surface area contributed by atoms with Gasteiger partial charge in [0.05, 0.1) is 0 Å². The first-order valence-electron chi connectivity index (χ1n) is 7.29. The van der Waals surface area contributed by atoms with Crippen LogP contribution in [-0.4, -0.2) is 18.0 Å². The number of rotatable bonds is 4. The summed E-state index contributed by atoms with van der Waals surface area (Å²) in [5, 5.41) is 3.49. The number of anilines is 1. The van der Waals surface area contributed by atoms with Crippen LogP contribution in [-0.2, 0) is 9.53 Å². The average Bonchev–Trinajstić information content (AvgIpc) is 2.99. The number of ether oxygens (including phenoxy) is 1. The highest BCUT2D eigenvalue weighted by Gasteiger charge is 2.21. The van der Waals surface area contributed by atoms with Crippen LogP contribution in [0.15, 0.2) is 63.5 Å². The number of esters is 1. The van der Waals surface area contributed by atoms with Crippen molar-refractivity contribution in [1.82, 2.24) is 0 Å². The Balaban J connectivity index is 1.65. The van der Waals surface area contributed by atoms with Crippen LogP contribution in [0.25, 0.3) is 11.0 Å². The molecule has 1 aromatic heterocycles. The van der Waals surface area contributed by atoms with Crippen molar-refractivity contribution in [3.8, 4) is 0 Å². The largest absolute Gasteiger partial charge is 0.449 e. The molecule has 3 aromatic rings. The number of hydrogen-bond donors (Lipinski definition) is 1. The summed E-state index contributed by atoms with van der Waals surface area (Å²) in [6, 6.07) is 16.0. The Hall–Kier alpha value is -2.60. The smallest absolute Gasteiger partial charge is 0.375 e. The average molecular weight is 388 g/mol. The molecular formula is C18H14BrNO4. The van der Waals surface area contributed by atoms with Crippen LogP contribution in [0.3, 0.4) is 0 Å². The van der Waals surface area contributed by atoms with E-state index in [1.54, 1.807) is 30.3 Å². The van der Waals surface area contributed by atoms with Crippen LogP contribution in [0.5, 0.6) is 0 Å². The van der Waals surface area contributed by atoms with Crippen molar-refractivity contribution in [2.24, 2.45) is 0 Å². The molecule has 1 amide bonds. The van der Waals surface area contributed by atoms with Gasteiger partial charge in [-0.2, -0.15) is 0 Å². The molecule has 0 aliphatic rings. The van der Waals surface area contributed by atoms with E-state index >= 15 is 0 Å². The first-order valence-corrected chi connectivity index (χ1v) is 8.08. The van der Waals surface area contributed by atoms with Gasteiger partial charge in [-0.05, 0) is 37.3 Å². The SMILES string of the molecule is C[C@@H](OC(=O)c1cc2ccccc2o1)C(=O)Nc1cccc(Br)c1. The minimum atomic E-state index is -0.954. The molecule has 0 aliphatic carbocycles. The Kier molecular flexibility index (Phi) is 4.66. The minimum Gasteiger partial charge on any atom is -0.449 e. The van der Waals surface area contributed by atoms with Crippen LogP contribution in [0.1, 0.15) is 17.5 Å². The van der Waals surface area contributed by atoms with Gasteiger partial charge in [0, 0.05) is 15.5 Å². The normalized spacial score (nSPS) is 11.9. The Bertz CT molecular complexity index is 870. The van der Waals surface area contributed by atoms with E-state index in [2.05, 4.69) is 21.2 Å². The predicted octanol–water partition coefficient (Wildman–Crippen LogP) is 4.38. The molecule has 0 spiro atoms. The fourth-order valence-electron chi connectivity index (χ4n) is 2.16. The predicted molar refractivity (Wildman–Crippen MR) is 93.9 cm³/mol. The summed E-state index contributed by atoms with van der Waals surface area (Å²) in [6.07, 6.45) is -0.954. The van der Waals surface area contributed by atoms with E-state index in [1.807, 2.05) is 24.3 Å². The molecule has 0 saturated heterocycles. The van der Waals surface area contributed by atoms with Crippen molar-refractivity contribution in [2.75, 3.05) is 5.32 Å². The second-order valence-corrected chi connectivity index (χ2v) is 6.11. The standard InChI is InChI=1S/C18H14BrNO4/c1-11(17(21)20-14-7-4-6-13(19)10-14)23-18(22)16-9-12-5-2-3-8-15(12)24-16/h2-11H,1H3,(H,20,21)/t11-/m1/s1. The molecule has 24 heavy (non-hydrogen) atoms. The molecule has 1 heterocycles. The van der Waals surface area contributed by atoms with Gasteiger partial charge in [-0.1, -0.05) is 40.2 Å². The number of halogens is 1. The third-order valence-corrected chi connectivity index (χ3v) is 3.87. The van der Waals surface area contributed by atoms with Crippen molar-refractivity contribution in [1.29, 1.82) is 0 Å². The van der Waals surface area contributed by atoms with Gasteiger partial charge in [-0.15, -0.1) is 0 Å². The Morgan fingerprint density at radius 2 is 1.92 bits per heavy atom. The van der Waals surface area contributed by atoms with E-state index in [9.17, 15) is 9.59 Å². The summed E-state index contributed by atoms with van der Waals surface area (Å²) in [5.74, 6) is -1.03. The number of amides is 1. The zero-order chi connectivity index (χ0) is 17.1. The maximum absolute atomic E-state index is 12.1. The fraction of sp³-hybridized carbons (Fsp3) is 0.111. The lowest BCUT2D eigenvalue weighted by molar-refractivity contribution is -0.123. The zero-order valence-corrected chi connectivity index (χ0v) is 14.4. The third-order valence-electron chi connectivity index (χ3n) is 3.37. The zero-order valence-electron chi connectivity index (χ0n) is 12.8. The van der Waals surface area contributed by atoms with Crippen molar-refractivity contribution < 1.29 is 18.7 Å². The first-order chi connectivity index (χ1) is 11.5. The number of carbonyl (C=O) groups is 2. The van der Waals surface area contributed by atoms with Gasteiger partial charge in [-0.25, -0.2) is 4.79 Å².